The highest BCUT2D eigenvalue weighted by molar-refractivity contribution is 7.13. The highest BCUT2D eigenvalue weighted by Crippen LogP contribution is 2.43. The molecule has 1 aliphatic heterocycles. The largest absolute Gasteiger partial charge is 0.493 e. The van der Waals surface area contributed by atoms with Crippen molar-refractivity contribution in [3.05, 3.63) is 88.1 Å². The highest BCUT2D eigenvalue weighted by atomic mass is 32.1. The summed E-state index contributed by atoms with van der Waals surface area (Å²) in [5.41, 5.74) is 9.52. The van der Waals surface area contributed by atoms with Crippen LogP contribution in [-0.2, 0) is 13.0 Å². The molecule has 0 radical (unpaired) electrons. The van der Waals surface area contributed by atoms with Gasteiger partial charge in [-0.15, -0.1) is 11.3 Å². The van der Waals surface area contributed by atoms with E-state index in [-0.39, 0.29) is 22.5 Å². The Labute approximate surface area is 247 Å². The van der Waals surface area contributed by atoms with Gasteiger partial charge in [0.1, 0.15) is 11.4 Å². The smallest absolute Gasteiger partial charge is 0.355 e. The zero-order valence-corrected chi connectivity index (χ0v) is 24.2. The molecule has 10 heteroatoms. The number of hydrogen-bond acceptors (Lipinski definition) is 7. The Balaban J connectivity index is 1.60. The molecule has 2 aromatic heterocycles. The zero-order chi connectivity index (χ0) is 29.8. The maximum absolute atomic E-state index is 13.8. The quantitative estimate of drug-likeness (QED) is 0.201. The average Bonchev–Trinajstić information content (AvgIpc) is 3.38. The second kappa shape index (κ2) is 12.5. The fourth-order valence-electron chi connectivity index (χ4n) is 4.78. The number of pyridine rings is 1. The molecule has 0 bridgehead atoms. The number of nitrogens with zero attached hydrogens (tertiary/aromatic N) is 1. The number of aromatic carboxylic acids is 1. The van der Waals surface area contributed by atoms with Crippen molar-refractivity contribution in [2.45, 2.75) is 33.2 Å². The van der Waals surface area contributed by atoms with Gasteiger partial charge in [0, 0.05) is 52.3 Å². The lowest BCUT2D eigenvalue weighted by Crippen LogP contribution is -2.27. The van der Waals surface area contributed by atoms with E-state index in [1.807, 2.05) is 37.4 Å². The lowest BCUT2D eigenvalue weighted by molar-refractivity contribution is 0.0691. The first-order valence-corrected chi connectivity index (χ1v) is 14.6. The molecule has 2 aromatic carbocycles. The van der Waals surface area contributed by atoms with Crippen molar-refractivity contribution in [3.8, 4) is 27.3 Å². The number of carboxylic acids is 1. The molecule has 0 saturated carbocycles. The number of benzene rings is 2. The third kappa shape index (κ3) is 6.19. The zero-order valence-electron chi connectivity index (χ0n) is 23.4. The van der Waals surface area contributed by atoms with E-state index in [1.54, 1.807) is 35.6 Å². The maximum Gasteiger partial charge on any atom is 0.355 e. The van der Waals surface area contributed by atoms with Crippen LogP contribution in [0.15, 0.2) is 60.0 Å². The van der Waals surface area contributed by atoms with Gasteiger partial charge < -0.3 is 26.2 Å². The number of rotatable bonds is 9. The Hall–Kier alpha value is -4.54. The van der Waals surface area contributed by atoms with Crippen LogP contribution in [0.5, 0.6) is 5.75 Å². The second-order valence-electron chi connectivity index (χ2n) is 10.5. The number of carboxylic acid groups (broad SMARTS) is 1. The van der Waals surface area contributed by atoms with Gasteiger partial charge in [0.25, 0.3) is 11.8 Å². The molecule has 5 N–H and O–H groups in total. The van der Waals surface area contributed by atoms with Gasteiger partial charge in [0.15, 0.2) is 5.69 Å². The predicted octanol–water partition coefficient (Wildman–Crippen LogP) is 5.60. The van der Waals surface area contributed by atoms with E-state index < -0.39 is 17.8 Å². The first-order valence-electron chi connectivity index (χ1n) is 13.8. The standard InChI is InChI=1S/C32H32N4O5S/c1-18(2)9-12-34-31(38)26-8-7-22(28(36-26)32(39)40)23-16-27-25(29-20(10-13-41-27)11-14-42-29)15-24(23)30(37)35-21-5-3-19(17-33)4-6-21/h3-8,11,14-16,18H,9-10,12-13,17,33H2,1-2H3,(H,34,38)(H,35,37)(H,39,40). The molecule has 0 fully saturated rings. The van der Waals surface area contributed by atoms with Crippen LogP contribution in [0, 0.1) is 5.92 Å². The lowest BCUT2D eigenvalue weighted by atomic mass is 9.93. The van der Waals surface area contributed by atoms with Crippen molar-refractivity contribution in [2.24, 2.45) is 11.7 Å². The van der Waals surface area contributed by atoms with Crippen molar-refractivity contribution < 1.29 is 24.2 Å². The van der Waals surface area contributed by atoms with Crippen LogP contribution in [0.2, 0.25) is 0 Å². The van der Waals surface area contributed by atoms with Crippen LogP contribution >= 0.6 is 11.3 Å². The van der Waals surface area contributed by atoms with Gasteiger partial charge in [-0.3, -0.25) is 9.59 Å². The van der Waals surface area contributed by atoms with Crippen molar-refractivity contribution in [3.63, 3.8) is 0 Å². The van der Waals surface area contributed by atoms with Crippen LogP contribution in [0.1, 0.15) is 62.7 Å². The summed E-state index contributed by atoms with van der Waals surface area (Å²) in [4.78, 5) is 44.2. The number of hydrogen-bond donors (Lipinski definition) is 4. The first kappa shape index (κ1) is 29.0. The molecule has 9 nitrogen and oxygen atoms in total. The van der Waals surface area contributed by atoms with E-state index in [9.17, 15) is 19.5 Å². The van der Waals surface area contributed by atoms with E-state index in [2.05, 4.69) is 15.6 Å². The van der Waals surface area contributed by atoms with Crippen molar-refractivity contribution >= 4 is 34.8 Å². The molecule has 3 heterocycles. The third-order valence-corrected chi connectivity index (χ3v) is 8.05. The molecule has 0 atom stereocenters. The van der Waals surface area contributed by atoms with Crippen LogP contribution in [0.3, 0.4) is 0 Å². The Bertz CT molecular complexity index is 1650. The topological polar surface area (TPSA) is 144 Å². The lowest BCUT2D eigenvalue weighted by Gasteiger charge is -2.17. The number of amides is 2. The molecule has 5 rings (SSSR count). The van der Waals surface area contributed by atoms with Gasteiger partial charge in [-0.25, -0.2) is 9.78 Å². The minimum absolute atomic E-state index is 0.0138. The molecule has 42 heavy (non-hydrogen) atoms. The number of nitrogens with one attached hydrogen (secondary N) is 2. The van der Waals surface area contributed by atoms with E-state index in [4.69, 9.17) is 10.5 Å². The molecule has 216 valence electrons. The molecule has 1 aliphatic rings. The Kier molecular flexibility index (Phi) is 8.65. The molecule has 0 saturated heterocycles. The molecule has 0 unspecified atom stereocenters. The Morgan fingerprint density at radius 1 is 1.02 bits per heavy atom. The minimum Gasteiger partial charge on any atom is -0.493 e. The van der Waals surface area contributed by atoms with E-state index >= 15 is 0 Å². The molecule has 4 aromatic rings. The van der Waals surface area contributed by atoms with Gasteiger partial charge in [0.05, 0.1) is 6.61 Å². The monoisotopic (exact) mass is 584 g/mol. The van der Waals surface area contributed by atoms with Crippen LogP contribution in [-0.4, -0.2) is 41.0 Å². The summed E-state index contributed by atoms with van der Waals surface area (Å²) < 4.78 is 6.09. The summed E-state index contributed by atoms with van der Waals surface area (Å²) in [6.45, 7) is 5.37. The van der Waals surface area contributed by atoms with Crippen molar-refractivity contribution in [1.82, 2.24) is 10.3 Å². The summed E-state index contributed by atoms with van der Waals surface area (Å²) in [5, 5.41) is 17.9. The average molecular weight is 585 g/mol. The summed E-state index contributed by atoms with van der Waals surface area (Å²) in [7, 11) is 0. The molecular weight excluding hydrogens is 552 g/mol. The Morgan fingerprint density at radius 3 is 2.52 bits per heavy atom. The highest BCUT2D eigenvalue weighted by Gasteiger charge is 2.26. The van der Waals surface area contributed by atoms with Crippen LogP contribution in [0.25, 0.3) is 21.6 Å². The summed E-state index contributed by atoms with van der Waals surface area (Å²) >= 11 is 1.56. The van der Waals surface area contributed by atoms with Crippen molar-refractivity contribution in [1.29, 1.82) is 0 Å². The fourth-order valence-corrected chi connectivity index (χ4v) is 5.76. The maximum atomic E-state index is 13.8. The molecule has 2 amide bonds. The van der Waals surface area contributed by atoms with Crippen LogP contribution < -0.4 is 21.1 Å². The molecule has 0 spiro atoms. The SMILES string of the molecule is CC(C)CCNC(=O)c1ccc(-c2cc3c(cc2C(=O)Nc2ccc(CN)cc2)-c2sccc2CCO3)c(C(=O)O)n1. The second-order valence-corrected chi connectivity index (χ2v) is 11.4. The molecule has 0 aliphatic carbocycles. The van der Waals surface area contributed by atoms with Gasteiger partial charge in [0.2, 0.25) is 0 Å². The normalized spacial score (nSPS) is 12.1. The summed E-state index contributed by atoms with van der Waals surface area (Å²) in [6.07, 6.45) is 1.49. The number of anilines is 1. The predicted molar refractivity (Wildman–Crippen MR) is 163 cm³/mol. The van der Waals surface area contributed by atoms with Gasteiger partial charge in [-0.1, -0.05) is 26.0 Å². The van der Waals surface area contributed by atoms with E-state index in [1.165, 1.54) is 12.1 Å². The fraction of sp³-hybridized carbons (Fsp3) is 0.250. The number of nitrogens with two attached hydrogens (primary N) is 1. The van der Waals surface area contributed by atoms with Gasteiger partial charge in [-0.2, -0.15) is 0 Å². The Morgan fingerprint density at radius 2 is 1.81 bits per heavy atom. The summed E-state index contributed by atoms with van der Waals surface area (Å²) in [5.74, 6) is -1.26. The summed E-state index contributed by atoms with van der Waals surface area (Å²) in [6, 6.07) is 15.7. The van der Waals surface area contributed by atoms with Crippen molar-refractivity contribution in [2.75, 3.05) is 18.5 Å². The number of thiophene rings is 1. The number of carbonyl (C=O) groups excluding carboxylic acids is 2. The molecular formula is C32H32N4O5S. The van der Waals surface area contributed by atoms with Crippen LogP contribution in [0.4, 0.5) is 5.69 Å². The minimum atomic E-state index is -1.32. The number of fused-ring (bicyclic) bond motifs is 3. The van der Waals surface area contributed by atoms with E-state index in [0.717, 1.165) is 28.0 Å². The van der Waals surface area contributed by atoms with E-state index in [0.29, 0.717) is 49.0 Å². The number of ether oxygens (including phenoxy) is 1. The number of aromatic nitrogens is 1. The first-order chi connectivity index (χ1) is 20.2. The number of carbonyl (C=O) groups is 3. The third-order valence-electron chi connectivity index (χ3n) is 7.06. The van der Waals surface area contributed by atoms with Gasteiger partial charge >= 0.3 is 5.97 Å². The van der Waals surface area contributed by atoms with Gasteiger partial charge in [-0.05, 0) is 71.3 Å².